The molecule has 0 aromatic carbocycles. The van der Waals surface area contributed by atoms with E-state index in [9.17, 15) is 9.90 Å². The van der Waals surface area contributed by atoms with E-state index in [0.29, 0.717) is 6.42 Å². The van der Waals surface area contributed by atoms with E-state index in [4.69, 9.17) is 4.84 Å². The zero-order valence-electron chi connectivity index (χ0n) is 9.13. The molecule has 6 nitrogen and oxygen atoms in total. The zero-order valence-corrected chi connectivity index (χ0v) is 9.13. The SMILES string of the molecule is O=C(O)C(CC1CC=NO1)N1CCNCC1. The summed E-state index contributed by atoms with van der Waals surface area (Å²) in [6, 6.07) is -0.450. The van der Waals surface area contributed by atoms with Crippen molar-refractivity contribution in [1.82, 2.24) is 10.2 Å². The molecule has 2 atom stereocenters. The van der Waals surface area contributed by atoms with Crippen LogP contribution in [0.5, 0.6) is 0 Å². The smallest absolute Gasteiger partial charge is 0.321 e. The van der Waals surface area contributed by atoms with Gasteiger partial charge in [-0.1, -0.05) is 5.16 Å². The zero-order chi connectivity index (χ0) is 11.4. The fraction of sp³-hybridized carbons (Fsp3) is 0.800. The Labute approximate surface area is 94.2 Å². The van der Waals surface area contributed by atoms with Gasteiger partial charge in [-0.05, 0) is 0 Å². The van der Waals surface area contributed by atoms with Gasteiger partial charge in [-0.25, -0.2) is 0 Å². The number of nitrogens with zero attached hydrogens (tertiary/aromatic N) is 2. The molecular weight excluding hydrogens is 210 g/mol. The molecule has 0 amide bonds. The van der Waals surface area contributed by atoms with Gasteiger partial charge in [0.1, 0.15) is 12.1 Å². The Hall–Kier alpha value is -1.14. The number of oxime groups is 1. The first-order chi connectivity index (χ1) is 7.77. The molecule has 2 N–H and O–H groups in total. The molecule has 90 valence electrons. The molecule has 2 rings (SSSR count). The number of nitrogens with one attached hydrogen (secondary N) is 1. The van der Waals surface area contributed by atoms with Crippen LogP contribution in [0.15, 0.2) is 5.16 Å². The molecule has 0 aliphatic carbocycles. The minimum atomic E-state index is -0.766. The highest BCUT2D eigenvalue weighted by molar-refractivity contribution is 5.73. The Balaban J connectivity index is 1.90. The predicted molar refractivity (Wildman–Crippen MR) is 58.5 cm³/mol. The van der Waals surface area contributed by atoms with Crippen LogP contribution in [0.3, 0.4) is 0 Å². The van der Waals surface area contributed by atoms with Gasteiger partial charge in [0.2, 0.25) is 0 Å². The van der Waals surface area contributed by atoms with E-state index in [-0.39, 0.29) is 6.10 Å². The lowest BCUT2D eigenvalue weighted by Gasteiger charge is -2.33. The fourth-order valence-corrected chi connectivity index (χ4v) is 2.12. The van der Waals surface area contributed by atoms with Crippen molar-refractivity contribution in [2.24, 2.45) is 5.16 Å². The van der Waals surface area contributed by atoms with E-state index in [2.05, 4.69) is 10.5 Å². The summed E-state index contributed by atoms with van der Waals surface area (Å²) >= 11 is 0. The van der Waals surface area contributed by atoms with Crippen molar-refractivity contribution >= 4 is 12.2 Å². The van der Waals surface area contributed by atoms with Gasteiger partial charge in [0.15, 0.2) is 0 Å². The number of hydrogen-bond donors (Lipinski definition) is 2. The first kappa shape index (κ1) is 11.3. The molecule has 0 aromatic heterocycles. The lowest BCUT2D eigenvalue weighted by atomic mass is 10.1. The van der Waals surface area contributed by atoms with Gasteiger partial charge in [0.05, 0.1) is 0 Å². The summed E-state index contributed by atoms with van der Waals surface area (Å²) in [5.74, 6) is -0.766. The van der Waals surface area contributed by atoms with Gasteiger partial charge >= 0.3 is 5.97 Å². The number of piperazine rings is 1. The summed E-state index contributed by atoms with van der Waals surface area (Å²) in [6.45, 7) is 3.27. The summed E-state index contributed by atoms with van der Waals surface area (Å²) in [5, 5.41) is 16.1. The Morgan fingerprint density at radius 1 is 1.62 bits per heavy atom. The number of carbonyl (C=O) groups is 1. The third-order valence-electron chi connectivity index (χ3n) is 3.02. The number of rotatable bonds is 4. The lowest BCUT2D eigenvalue weighted by Crippen LogP contribution is -2.52. The Kier molecular flexibility index (Phi) is 3.74. The number of carboxylic acid groups (broad SMARTS) is 1. The van der Waals surface area contributed by atoms with Gasteiger partial charge in [0.25, 0.3) is 0 Å². The Morgan fingerprint density at radius 2 is 2.38 bits per heavy atom. The van der Waals surface area contributed by atoms with E-state index in [1.165, 1.54) is 0 Å². The van der Waals surface area contributed by atoms with E-state index in [1.807, 2.05) is 4.90 Å². The Morgan fingerprint density at radius 3 is 2.94 bits per heavy atom. The third kappa shape index (κ3) is 2.70. The fourth-order valence-electron chi connectivity index (χ4n) is 2.12. The van der Waals surface area contributed by atoms with Crippen LogP contribution < -0.4 is 5.32 Å². The summed E-state index contributed by atoms with van der Waals surface area (Å²) in [7, 11) is 0. The highest BCUT2D eigenvalue weighted by Crippen LogP contribution is 2.16. The van der Waals surface area contributed by atoms with Crippen LogP contribution >= 0.6 is 0 Å². The van der Waals surface area contributed by atoms with Crippen molar-refractivity contribution in [1.29, 1.82) is 0 Å². The van der Waals surface area contributed by atoms with Crippen LogP contribution in [0.25, 0.3) is 0 Å². The summed E-state index contributed by atoms with van der Waals surface area (Å²) in [4.78, 5) is 18.3. The average molecular weight is 227 g/mol. The molecule has 0 spiro atoms. The van der Waals surface area contributed by atoms with E-state index in [1.54, 1.807) is 6.21 Å². The van der Waals surface area contributed by atoms with E-state index in [0.717, 1.165) is 32.6 Å². The van der Waals surface area contributed by atoms with Crippen molar-refractivity contribution in [3.63, 3.8) is 0 Å². The van der Waals surface area contributed by atoms with Crippen LogP contribution in [0.1, 0.15) is 12.8 Å². The summed E-state index contributed by atoms with van der Waals surface area (Å²) < 4.78 is 0. The van der Waals surface area contributed by atoms with Crippen LogP contribution in [0.2, 0.25) is 0 Å². The van der Waals surface area contributed by atoms with Crippen LogP contribution in [0, 0.1) is 0 Å². The highest BCUT2D eigenvalue weighted by Gasteiger charge is 2.31. The minimum absolute atomic E-state index is 0.0732. The van der Waals surface area contributed by atoms with Gasteiger partial charge in [-0.15, -0.1) is 0 Å². The molecule has 16 heavy (non-hydrogen) atoms. The molecule has 2 heterocycles. The van der Waals surface area contributed by atoms with Crippen molar-refractivity contribution in [2.45, 2.75) is 25.0 Å². The second-order valence-electron chi connectivity index (χ2n) is 4.13. The van der Waals surface area contributed by atoms with Gasteiger partial charge in [-0.3, -0.25) is 9.69 Å². The largest absolute Gasteiger partial charge is 0.480 e. The molecule has 1 saturated heterocycles. The minimum Gasteiger partial charge on any atom is -0.480 e. The van der Waals surface area contributed by atoms with Gasteiger partial charge < -0.3 is 15.3 Å². The second-order valence-corrected chi connectivity index (χ2v) is 4.13. The quantitative estimate of drug-likeness (QED) is 0.678. The van der Waals surface area contributed by atoms with E-state index < -0.39 is 12.0 Å². The van der Waals surface area contributed by atoms with Gasteiger partial charge in [0, 0.05) is 45.2 Å². The Bertz CT molecular complexity index is 268. The van der Waals surface area contributed by atoms with Crippen molar-refractivity contribution in [3.8, 4) is 0 Å². The van der Waals surface area contributed by atoms with Crippen molar-refractivity contribution in [2.75, 3.05) is 26.2 Å². The maximum Gasteiger partial charge on any atom is 0.321 e. The molecule has 1 fully saturated rings. The summed E-state index contributed by atoms with van der Waals surface area (Å²) in [5.41, 5.74) is 0. The maximum absolute atomic E-state index is 11.2. The number of hydrogen-bond acceptors (Lipinski definition) is 5. The standard InChI is InChI=1S/C10H17N3O3/c14-10(15)9(7-8-1-2-12-16-8)13-5-3-11-4-6-13/h2,8-9,11H,1,3-7H2,(H,14,15). The van der Waals surface area contributed by atoms with Crippen molar-refractivity contribution < 1.29 is 14.7 Å². The lowest BCUT2D eigenvalue weighted by molar-refractivity contribution is -0.145. The van der Waals surface area contributed by atoms with Crippen molar-refractivity contribution in [3.05, 3.63) is 0 Å². The first-order valence-corrected chi connectivity index (χ1v) is 5.62. The molecular formula is C10H17N3O3. The summed E-state index contributed by atoms with van der Waals surface area (Å²) in [6.07, 6.45) is 2.85. The topological polar surface area (TPSA) is 74.2 Å². The average Bonchev–Trinajstić information content (AvgIpc) is 2.79. The first-order valence-electron chi connectivity index (χ1n) is 5.62. The molecule has 0 radical (unpaired) electrons. The molecule has 0 bridgehead atoms. The molecule has 2 aliphatic heterocycles. The molecule has 2 unspecified atom stereocenters. The number of aliphatic carboxylic acids is 1. The van der Waals surface area contributed by atoms with E-state index >= 15 is 0 Å². The maximum atomic E-state index is 11.2. The predicted octanol–water partition coefficient (Wildman–Crippen LogP) is -0.490. The molecule has 6 heteroatoms. The third-order valence-corrected chi connectivity index (χ3v) is 3.02. The van der Waals surface area contributed by atoms with Crippen LogP contribution in [-0.2, 0) is 9.63 Å². The van der Waals surface area contributed by atoms with Gasteiger partial charge in [-0.2, -0.15) is 0 Å². The molecule has 2 aliphatic rings. The monoisotopic (exact) mass is 227 g/mol. The molecule has 0 saturated carbocycles. The van der Waals surface area contributed by atoms with Crippen LogP contribution in [0.4, 0.5) is 0 Å². The normalized spacial score (nSPS) is 27.6. The second kappa shape index (κ2) is 5.27. The van der Waals surface area contributed by atoms with Crippen LogP contribution in [-0.4, -0.2) is 60.5 Å². The molecule has 0 aromatic rings. The number of carboxylic acids is 1. The highest BCUT2D eigenvalue weighted by atomic mass is 16.6.